The standard InChI is InChI=1S/C18H13Cl3N2O2/c1-2-10-5-3-4-6-13(10)22-16-15(21)17(24)23(18(16)25)14-9-11(19)7-8-12(14)20/h3-9,22H,2H2,1H3. The second-order valence-electron chi connectivity index (χ2n) is 5.37. The Bertz CT molecular complexity index is 909. The number of anilines is 2. The second-order valence-corrected chi connectivity index (χ2v) is 6.59. The van der Waals surface area contributed by atoms with Gasteiger partial charge in [-0.1, -0.05) is 59.9 Å². The Hall–Kier alpha value is -2.01. The molecule has 0 unspecified atom stereocenters. The van der Waals surface area contributed by atoms with E-state index in [1.807, 2.05) is 31.2 Å². The van der Waals surface area contributed by atoms with Crippen molar-refractivity contribution in [3.05, 3.63) is 68.8 Å². The van der Waals surface area contributed by atoms with E-state index in [-0.39, 0.29) is 21.4 Å². The van der Waals surface area contributed by atoms with Gasteiger partial charge >= 0.3 is 0 Å². The summed E-state index contributed by atoms with van der Waals surface area (Å²) >= 11 is 18.2. The molecule has 0 radical (unpaired) electrons. The first kappa shape index (κ1) is 17.8. The molecule has 25 heavy (non-hydrogen) atoms. The summed E-state index contributed by atoms with van der Waals surface area (Å²) in [5.41, 5.74) is 1.93. The number of para-hydroxylation sites is 1. The highest BCUT2D eigenvalue weighted by molar-refractivity contribution is 6.54. The lowest BCUT2D eigenvalue weighted by molar-refractivity contribution is -0.120. The molecular formula is C18H13Cl3N2O2. The molecule has 0 aliphatic carbocycles. The van der Waals surface area contributed by atoms with Crippen molar-refractivity contribution in [2.75, 3.05) is 10.2 Å². The molecule has 4 nitrogen and oxygen atoms in total. The quantitative estimate of drug-likeness (QED) is 0.742. The maximum absolute atomic E-state index is 12.8. The Balaban J connectivity index is 1.98. The third-order valence-electron chi connectivity index (χ3n) is 3.83. The van der Waals surface area contributed by atoms with Gasteiger partial charge in [-0.05, 0) is 36.2 Å². The van der Waals surface area contributed by atoms with Crippen molar-refractivity contribution in [3.8, 4) is 0 Å². The van der Waals surface area contributed by atoms with Crippen LogP contribution < -0.4 is 10.2 Å². The van der Waals surface area contributed by atoms with Crippen molar-refractivity contribution in [3.63, 3.8) is 0 Å². The highest BCUT2D eigenvalue weighted by Gasteiger charge is 2.40. The Morgan fingerprint density at radius 1 is 1.00 bits per heavy atom. The molecule has 128 valence electrons. The minimum Gasteiger partial charge on any atom is -0.349 e. The van der Waals surface area contributed by atoms with Crippen LogP contribution in [0.1, 0.15) is 12.5 Å². The van der Waals surface area contributed by atoms with Gasteiger partial charge in [-0.25, -0.2) is 4.90 Å². The number of benzene rings is 2. The minimum atomic E-state index is -0.646. The van der Waals surface area contributed by atoms with Crippen molar-refractivity contribution in [1.29, 1.82) is 0 Å². The molecule has 0 saturated heterocycles. The van der Waals surface area contributed by atoms with E-state index in [2.05, 4.69) is 5.32 Å². The summed E-state index contributed by atoms with van der Waals surface area (Å²) in [5.74, 6) is -1.22. The van der Waals surface area contributed by atoms with Crippen LogP contribution in [0.4, 0.5) is 11.4 Å². The minimum absolute atomic E-state index is 0.0172. The maximum atomic E-state index is 12.8. The lowest BCUT2D eigenvalue weighted by Gasteiger charge is -2.17. The molecule has 0 fully saturated rings. The highest BCUT2D eigenvalue weighted by atomic mass is 35.5. The van der Waals surface area contributed by atoms with E-state index in [1.165, 1.54) is 12.1 Å². The van der Waals surface area contributed by atoms with Crippen molar-refractivity contribution >= 4 is 58.0 Å². The first-order chi connectivity index (χ1) is 11.9. The van der Waals surface area contributed by atoms with Crippen molar-refractivity contribution < 1.29 is 9.59 Å². The number of imide groups is 1. The number of hydrogen-bond acceptors (Lipinski definition) is 3. The van der Waals surface area contributed by atoms with Crippen molar-refractivity contribution in [2.24, 2.45) is 0 Å². The summed E-state index contributed by atoms with van der Waals surface area (Å²) in [6.45, 7) is 2.00. The number of nitrogens with one attached hydrogen (secondary N) is 1. The monoisotopic (exact) mass is 394 g/mol. The molecular weight excluding hydrogens is 383 g/mol. The molecule has 1 N–H and O–H groups in total. The van der Waals surface area contributed by atoms with Crippen LogP contribution in [-0.4, -0.2) is 11.8 Å². The third kappa shape index (κ3) is 3.25. The van der Waals surface area contributed by atoms with Crippen LogP contribution in [0.15, 0.2) is 53.2 Å². The largest absolute Gasteiger partial charge is 0.349 e. The van der Waals surface area contributed by atoms with E-state index in [0.717, 1.165) is 22.6 Å². The SMILES string of the molecule is CCc1ccccc1NC1=C(Cl)C(=O)N(c2cc(Cl)ccc2Cl)C1=O. The van der Waals surface area contributed by atoms with Gasteiger partial charge in [0.25, 0.3) is 11.8 Å². The molecule has 2 aromatic carbocycles. The Morgan fingerprint density at radius 3 is 2.44 bits per heavy atom. The van der Waals surface area contributed by atoms with Crippen LogP contribution in [0.3, 0.4) is 0 Å². The summed E-state index contributed by atoms with van der Waals surface area (Å²) < 4.78 is 0. The van der Waals surface area contributed by atoms with E-state index < -0.39 is 11.8 Å². The summed E-state index contributed by atoms with van der Waals surface area (Å²) in [6.07, 6.45) is 0.764. The van der Waals surface area contributed by atoms with E-state index in [1.54, 1.807) is 6.07 Å². The molecule has 0 atom stereocenters. The molecule has 0 saturated carbocycles. The fourth-order valence-electron chi connectivity index (χ4n) is 2.57. The molecule has 2 aromatic rings. The van der Waals surface area contributed by atoms with Gasteiger partial charge in [-0.15, -0.1) is 0 Å². The van der Waals surface area contributed by atoms with Crippen LogP contribution >= 0.6 is 34.8 Å². The van der Waals surface area contributed by atoms with Crippen LogP contribution in [0.5, 0.6) is 0 Å². The van der Waals surface area contributed by atoms with Gasteiger partial charge < -0.3 is 5.32 Å². The van der Waals surface area contributed by atoms with Gasteiger partial charge in [-0.2, -0.15) is 0 Å². The fraction of sp³-hybridized carbons (Fsp3) is 0.111. The topological polar surface area (TPSA) is 49.4 Å². The van der Waals surface area contributed by atoms with Gasteiger partial charge in [0.1, 0.15) is 10.7 Å². The Labute approximate surface area is 160 Å². The predicted octanol–water partition coefficient (Wildman–Crippen LogP) is 4.99. The molecule has 0 aromatic heterocycles. The Morgan fingerprint density at radius 2 is 1.72 bits per heavy atom. The number of aryl methyl sites for hydroxylation is 1. The lowest BCUT2D eigenvalue weighted by atomic mass is 10.1. The predicted molar refractivity (Wildman–Crippen MR) is 101 cm³/mol. The summed E-state index contributed by atoms with van der Waals surface area (Å²) in [4.78, 5) is 26.2. The van der Waals surface area contributed by atoms with Crippen molar-refractivity contribution in [2.45, 2.75) is 13.3 Å². The number of nitrogens with zero attached hydrogens (tertiary/aromatic N) is 1. The third-order valence-corrected chi connectivity index (χ3v) is 4.74. The smallest absolute Gasteiger partial charge is 0.283 e. The zero-order valence-electron chi connectivity index (χ0n) is 13.1. The number of halogens is 3. The molecule has 0 bridgehead atoms. The van der Waals surface area contributed by atoms with Crippen LogP contribution in [0.25, 0.3) is 0 Å². The average molecular weight is 396 g/mol. The highest BCUT2D eigenvalue weighted by Crippen LogP contribution is 2.36. The van der Waals surface area contributed by atoms with Gasteiger partial charge in [0, 0.05) is 10.7 Å². The van der Waals surface area contributed by atoms with E-state index in [4.69, 9.17) is 34.8 Å². The molecule has 1 heterocycles. The fourth-order valence-corrected chi connectivity index (χ4v) is 3.15. The molecule has 0 spiro atoms. The van der Waals surface area contributed by atoms with Gasteiger partial charge in [-0.3, -0.25) is 9.59 Å². The van der Waals surface area contributed by atoms with Crippen molar-refractivity contribution in [1.82, 2.24) is 0 Å². The van der Waals surface area contributed by atoms with E-state index in [0.29, 0.717) is 5.02 Å². The van der Waals surface area contributed by atoms with Gasteiger partial charge in [0.2, 0.25) is 0 Å². The molecule has 2 amide bonds. The van der Waals surface area contributed by atoms with Crippen LogP contribution in [-0.2, 0) is 16.0 Å². The van der Waals surface area contributed by atoms with Gasteiger partial charge in [0.15, 0.2) is 0 Å². The normalized spacial score (nSPS) is 14.5. The number of carbonyl (C=O) groups excluding carboxylic acids is 2. The first-order valence-electron chi connectivity index (χ1n) is 7.52. The maximum Gasteiger partial charge on any atom is 0.283 e. The Kier molecular flexibility index (Phi) is 5.04. The number of rotatable bonds is 4. The lowest BCUT2D eigenvalue weighted by Crippen LogP contribution is -2.32. The number of hydrogen-bond donors (Lipinski definition) is 1. The van der Waals surface area contributed by atoms with Gasteiger partial charge in [0.05, 0.1) is 10.7 Å². The second kappa shape index (κ2) is 7.08. The van der Waals surface area contributed by atoms with Crippen LogP contribution in [0, 0.1) is 0 Å². The summed E-state index contributed by atoms with van der Waals surface area (Å²) in [6, 6.07) is 12.0. The zero-order chi connectivity index (χ0) is 18.1. The number of amides is 2. The number of carbonyl (C=O) groups is 2. The average Bonchev–Trinajstić information content (AvgIpc) is 2.81. The van der Waals surface area contributed by atoms with E-state index in [9.17, 15) is 9.59 Å². The zero-order valence-corrected chi connectivity index (χ0v) is 15.4. The summed E-state index contributed by atoms with van der Waals surface area (Å²) in [7, 11) is 0. The first-order valence-corrected chi connectivity index (χ1v) is 8.66. The molecule has 3 rings (SSSR count). The molecule has 7 heteroatoms. The van der Waals surface area contributed by atoms with E-state index >= 15 is 0 Å². The summed E-state index contributed by atoms with van der Waals surface area (Å²) in [5, 5.41) is 3.38. The van der Waals surface area contributed by atoms with Crippen LogP contribution in [0.2, 0.25) is 10.0 Å². The molecule has 1 aliphatic rings. The molecule has 1 aliphatic heterocycles.